The molecule has 0 amide bonds. The molecule has 5 heteroatoms. The molecule has 0 fully saturated rings. The number of nitrogens with zero attached hydrogens (tertiary/aromatic N) is 2. The predicted octanol–water partition coefficient (Wildman–Crippen LogP) is 2.10. The van der Waals surface area contributed by atoms with Crippen LogP contribution < -0.4 is 0 Å². The Labute approximate surface area is 97.3 Å². The van der Waals surface area contributed by atoms with Crippen molar-refractivity contribution in [1.29, 1.82) is 0 Å². The van der Waals surface area contributed by atoms with Gasteiger partial charge in [0.2, 0.25) is 0 Å². The number of carboxylic acids is 1. The number of fused-ring (bicyclic) bond motifs is 1. The number of carboxylic acid groups (broad SMARTS) is 1. The molecule has 0 bridgehead atoms. The van der Waals surface area contributed by atoms with Crippen LogP contribution >= 0.6 is 11.8 Å². The van der Waals surface area contributed by atoms with Gasteiger partial charge >= 0.3 is 5.97 Å². The Hall–Kier alpha value is -1.49. The van der Waals surface area contributed by atoms with Gasteiger partial charge in [-0.25, -0.2) is 9.78 Å². The van der Waals surface area contributed by atoms with Crippen LogP contribution in [0.2, 0.25) is 0 Å². The number of imidazole rings is 1. The highest BCUT2D eigenvalue weighted by Gasteiger charge is 2.07. The summed E-state index contributed by atoms with van der Waals surface area (Å²) in [4.78, 5) is 15.0. The number of aromatic nitrogens is 2. The third kappa shape index (κ3) is 2.04. The summed E-state index contributed by atoms with van der Waals surface area (Å²) >= 11 is 1.77. The van der Waals surface area contributed by atoms with Crippen molar-refractivity contribution in [3.8, 4) is 0 Å². The molecule has 0 radical (unpaired) electrons. The van der Waals surface area contributed by atoms with E-state index in [2.05, 4.69) is 11.2 Å². The van der Waals surface area contributed by atoms with Gasteiger partial charge in [-0.1, -0.05) is 0 Å². The standard InChI is InChI=1S/C11H12N2O2S/c1-16-5-4-13-7-12-9-6-8(11(14)15)2-3-10(9)13/h2-3,6-7H,4-5H2,1H3,(H,14,15). The number of thioether (sulfide) groups is 1. The van der Waals surface area contributed by atoms with Crippen molar-refractivity contribution in [1.82, 2.24) is 9.55 Å². The predicted molar refractivity (Wildman–Crippen MR) is 65.1 cm³/mol. The molecule has 2 rings (SSSR count). The third-order valence-electron chi connectivity index (χ3n) is 2.40. The van der Waals surface area contributed by atoms with Gasteiger partial charge in [-0.15, -0.1) is 0 Å². The van der Waals surface area contributed by atoms with Gasteiger partial charge in [0, 0.05) is 12.3 Å². The lowest BCUT2D eigenvalue weighted by Gasteiger charge is -2.02. The van der Waals surface area contributed by atoms with E-state index in [9.17, 15) is 4.79 Å². The summed E-state index contributed by atoms with van der Waals surface area (Å²) in [5.74, 6) is 0.104. The summed E-state index contributed by atoms with van der Waals surface area (Å²) in [5.41, 5.74) is 2.00. The van der Waals surface area contributed by atoms with Gasteiger partial charge in [-0.2, -0.15) is 11.8 Å². The second kappa shape index (κ2) is 4.57. The molecule has 4 nitrogen and oxygen atoms in total. The molecule has 1 aromatic carbocycles. The normalized spacial score (nSPS) is 10.8. The minimum absolute atomic E-state index is 0.280. The fourth-order valence-electron chi connectivity index (χ4n) is 1.56. The number of hydrogen-bond donors (Lipinski definition) is 1. The van der Waals surface area contributed by atoms with Crippen LogP contribution in [0.25, 0.3) is 11.0 Å². The van der Waals surface area contributed by atoms with Crippen LogP contribution in [0.4, 0.5) is 0 Å². The van der Waals surface area contributed by atoms with E-state index in [1.165, 1.54) is 0 Å². The topological polar surface area (TPSA) is 55.1 Å². The quantitative estimate of drug-likeness (QED) is 0.883. The molecule has 1 aromatic heterocycles. The summed E-state index contributed by atoms with van der Waals surface area (Å²) in [5, 5.41) is 8.85. The number of carbonyl (C=O) groups is 1. The Balaban J connectivity index is 2.38. The van der Waals surface area contributed by atoms with Gasteiger partial charge in [-0.3, -0.25) is 0 Å². The van der Waals surface area contributed by atoms with Gasteiger partial charge in [0.05, 0.1) is 22.9 Å². The Bertz CT molecular complexity index is 522. The molecule has 0 saturated carbocycles. The lowest BCUT2D eigenvalue weighted by atomic mass is 10.2. The van der Waals surface area contributed by atoms with Crippen molar-refractivity contribution in [2.75, 3.05) is 12.0 Å². The molecule has 16 heavy (non-hydrogen) atoms. The maximum absolute atomic E-state index is 10.8. The second-order valence-corrected chi connectivity index (χ2v) is 4.43. The molecule has 0 saturated heterocycles. The molecule has 0 unspecified atom stereocenters. The summed E-state index contributed by atoms with van der Waals surface area (Å²) < 4.78 is 2.04. The van der Waals surface area contributed by atoms with E-state index in [0.29, 0.717) is 0 Å². The fraction of sp³-hybridized carbons (Fsp3) is 0.273. The van der Waals surface area contributed by atoms with Gasteiger partial charge in [0.25, 0.3) is 0 Å². The molecule has 0 atom stereocenters. The highest BCUT2D eigenvalue weighted by molar-refractivity contribution is 7.98. The first-order valence-electron chi connectivity index (χ1n) is 4.89. The zero-order chi connectivity index (χ0) is 11.5. The third-order valence-corrected chi connectivity index (χ3v) is 3.00. The highest BCUT2D eigenvalue weighted by atomic mass is 32.2. The lowest BCUT2D eigenvalue weighted by molar-refractivity contribution is 0.0697. The van der Waals surface area contributed by atoms with Crippen molar-refractivity contribution in [3.05, 3.63) is 30.1 Å². The maximum Gasteiger partial charge on any atom is 0.335 e. The van der Waals surface area contributed by atoms with E-state index < -0.39 is 5.97 Å². The van der Waals surface area contributed by atoms with Crippen molar-refractivity contribution in [3.63, 3.8) is 0 Å². The molecule has 0 aliphatic heterocycles. The van der Waals surface area contributed by atoms with Crippen LogP contribution in [0.15, 0.2) is 24.5 Å². The average Bonchev–Trinajstić information content (AvgIpc) is 2.68. The SMILES string of the molecule is CSCCn1cnc2cc(C(=O)O)ccc21. The average molecular weight is 236 g/mol. The zero-order valence-corrected chi connectivity index (χ0v) is 9.70. The van der Waals surface area contributed by atoms with Crippen LogP contribution in [0, 0.1) is 0 Å². The van der Waals surface area contributed by atoms with Crippen LogP contribution in [0.3, 0.4) is 0 Å². The number of rotatable bonds is 4. The molecular weight excluding hydrogens is 224 g/mol. The van der Waals surface area contributed by atoms with Crippen molar-refractivity contribution in [2.45, 2.75) is 6.54 Å². The van der Waals surface area contributed by atoms with E-state index >= 15 is 0 Å². The van der Waals surface area contributed by atoms with Crippen LogP contribution in [-0.2, 0) is 6.54 Å². The first-order chi connectivity index (χ1) is 7.72. The van der Waals surface area contributed by atoms with Crippen molar-refractivity contribution >= 4 is 28.8 Å². The second-order valence-electron chi connectivity index (χ2n) is 3.44. The first kappa shape index (κ1) is 11.0. The molecule has 0 spiro atoms. The number of aromatic carboxylic acids is 1. The monoisotopic (exact) mass is 236 g/mol. The fourth-order valence-corrected chi connectivity index (χ4v) is 1.94. The molecule has 1 heterocycles. The number of benzene rings is 1. The Morgan fingerprint density at radius 1 is 1.56 bits per heavy atom. The van der Waals surface area contributed by atoms with Gasteiger partial charge in [-0.05, 0) is 24.5 Å². The van der Waals surface area contributed by atoms with Gasteiger partial charge in [0.1, 0.15) is 0 Å². The minimum Gasteiger partial charge on any atom is -0.478 e. The Morgan fingerprint density at radius 3 is 3.06 bits per heavy atom. The molecular formula is C11H12N2O2S. The van der Waals surface area contributed by atoms with Crippen molar-refractivity contribution < 1.29 is 9.90 Å². The summed E-state index contributed by atoms with van der Waals surface area (Å²) in [6.45, 7) is 0.893. The van der Waals surface area contributed by atoms with E-state index in [0.717, 1.165) is 23.3 Å². The number of aryl methyl sites for hydroxylation is 1. The van der Waals surface area contributed by atoms with E-state index in [-0.39, 0.29) is 5.56 Å². The van der Waals surface area contributed by atoms with Gasteiger partial charge < -0.3 is 9.67 Å². The Kier molecular flexibility index (Phi) is 3.14. The van der Waals surface area contributed by atoms with Crippen LogP contribution in [0.1, 0.15) is 10.4 Å². The number of hydrogen-bond acceptors (Lipinski definition) is 3. The zero-order valence-electron chi connectivity index (χ0n) is 8.88. The van der Waals surface area contributed by atoms with E-state index in [1.54, 1.807) is 30.2 Å². The Morgan fingerprint density at radius 2 is 2.38 bits per heavy atom. The summed E-state index contributed by atoms with van der Waals surface area (Å²) in [7, 11) is 0. The molecule has 2 aromatic rings. The summed E-state index contributed by atoms with van der Waals surface area (Å²) in [6, 6.07) is 5.03. The minimum atomic E-state index is -0.916. The molecule has 0 aliphatic carbocycles. The van der Waals surface area contributed by atoms with E-state index in [1.807, 2.05) is 10.6 Å². The largest absolute Gasteiger partial charge is 0.478 e. The van der Waals surface area contributed by atoms with Crippen LogP contribution in [-0.4, -0.2) is 32.6 Å². The van der Waals surface area contributed by atoms with Crippen molar-refractivity contribution in [2.24, 2.45) is 0 Å². The van der Waals surface area contributed by atoms with E-state index in [4.69, 9.17) is 5.11 Å². The maximum atomic E-state index is 10.8. The lowest BCUT2D eigenvalue weighted by Crippen LogP contribution is -1.99. The molecule has 0 aliphatic rings. The first-order valence-corrected chi connectivity index (χ1v) is 6.29. The molecule has 1 N–H and O–H groups in total. The summed E-state index contributed by atoms with van der Waals surface area (Å²) in [6.07, 6.45) is 3.81. The smallest absolute Gasteiger partial charge is 0.335 e. The van der Waals surface area contributed by atoms with Crippen LogP contribution in [0.5, 0.6) is 0 Å². The highest BCUT2D eigenvalue weighted by Crippen LogP contribution is 2.15. The molecule has 84 valence electrons. The van der Waals surface area contributed by atoms with Gasteiger partial charge in [0.15, 0.2) is 0 Å².